The fourth-order valence-corrected chi connectivity index (χ4v) is 2.31. The van der Waals surface area contributed by atoms with E-state index in [2.05, 4.69) is 4.98 Å². The van der Waals surface area contributed by atoms with Gasteiger partial charge in [0.1, 0.15) is 0 Å². The highest BCUT2D eigenvalue weighted by molar-refractivity contribution is 6.55. The normalized spacial score (nSPS) is 20.9. The molecule has 0 saturated carbocycles. The van der Waals surface area contributed by atoms with Crippen LogP contribution in [0.15, 0.2) is 17.7 Å². The molecule has 1 aliphatic heterocycles. The Balaban J connectivity index is 2.31. The van der Waals surface area contributed by atoms with Crippen LogP contribution in [-0.4, -0.2) is 29.8 Å². The molecular formula is C15H22BClN2O2. The number of pyridine rings is 1. The van der Waals surface area contributed by atoms with Crippen LogP contribution in [0.5, 0.6) is 0 Å². The summed E-state index contributed by atoms with van der Waals surface area (Å²) in [6.07, 6.45) is 3.55. The van der Waals surface area contributed by atoms with Crippen LogP contribution in [0.3, 0.4) is 0 Å². The van der Waals surface area contributed by atoms with Gasteiger partial charge in [-0.3, -0.25) is 4.98 Å². The molecule has 2 rings (SSSR count). The van der Waals surface area contributed by atoms with Gasteiger partial charge < -0.3 is 15.0 Å². The van der Waals surface area contributed by atoms with Crippen molar-refractivity contribution in [1.82, 2.24) is 4.98 Å². The fourth-order valence-electron chi connectivity index (χ4n) is 2.10. The first-order valence-corrected chi connectivity index (χ1v) is 7.42. The molecule has 4 nitrogen and oxygen atoms in total. The minimum Gasteiger partial charge on any atom is -0.400 e. The molecule has 0 unspecified atom stereocenters. The predicted octanol–water partition coefficient (Wildman–Crippen LogP) is 3.02. The Bertz CT molecular complexity index is 557. The van der Waals surface area contributed by atoms with E-state index in [-0.39, 0.29) is 11.2 Å². The smallest absolute Gasteiger partial charge is 0.400 e. The van der Waals surface area contributed by atoms with Gasteiger partial charge in [-0.15, -0.1) is 0 Å². The zero-order valence-electron chi connectivity index (χ0n) is 13.2. The molecule has 1 saturated heterocycles. The largest absolute Gasteiger partial charge is 0.491 e. The molecule has 0 amide bonds. The molecule has 0 spiro atoms. The summed E-state index contributed by atoms with van der Waals surface area (Å²) >= 11 is 5.93. The lowest BCUT2D eigenvalue weighted by molar-refractivity contribution is 0.00578. The lowest BCUT2D eigenvalue weighted by Gasteiger charge is -2.32. The zero-order chi connectivity index (χ0) is 15.8. The van der Waals surface area contributed by atoms with Gasteiger partial charge in [0.15, 0.2) is 0 Å². The average Bonchev–Trinajstić information content (AvgIpc) is 2.57. The predicted molar refractivity (Wildman–Crippen MR) is 87.1 cm³/mol. The second-order valence-corrected chi connectivity index (χ2v) is 6.80. The number of halogens is 1. The molecule has 2 N–H and O–H groups in total. The molecule has 0 bridgehead atoms. The van der Waals surface area contributed by atoms with Crippen molar-refractivity contribution < 1.29 is 9.31 Å². The Labute approximate surface area is 131 Å². The highest BCUT2D eigenvalue weighted by Crippen LogP contribution is 2.38. The molecule has 0 atom stereocenters. The number of hydrogen-bond donors (Lipinski definition) is 1. The number of rotatable bonds is 3. The van der Waals surface area contributed by atoms with Gasteiger partial charge in [-0.2, -0.15) is 0 Å². The molecular weight excluding hydrogens is 286 g/mol. The van der Waals surface area contributed by atoms with E-state index in [9.17, 15) is 0 Å². The van der Waals surface area contributed by atoms with Crippen molar-refractivity contribution in [2.75, 3.05) is 6.54 Å². The maximum Gasteiger partial charge on any atom is 0.491 e. The second kappa shape index (κ2) is 5.73. The van der Waals surface area contributed by atoms with Crippen LogP contribution in [0.2, 0.25) is 5.02 Å². The van der Waals surface area contributed by atoms with E-state index >= 15 is 0 Å². The van der Waals surface area contributed by atoms with Crippen molar-refractivity contribution in [3.05, 3.63) is 34.0 Å². The summed E-state index contributed by atoms with van der Waals surface area (Å²) in [4.78, 5) is 4.33. The van der Waals surface area contributed by atoms with Crippen LogP contribution < -0.4 is 5.73 Å². The first kappa shape index (κ1) is 16.5. The quantitative estimate of drug-likeness (QED) is 0.872. The maximum absolute atomic E-state index is 6.03. The van der Waals surface area contributed by atoms with Crippen molar-refractivity contribution in [2.24, 2.45) is 5.73 Å². The van der Waals surface area contributed by atoms with Gasteiger partial charge in [-0.25, -0.2) is 0 Å². The van der Waals surface area contributed by atoms with E-state index in [1.54, 1.807) is 6.20 Å². The third-order valence-electron chi connectivity index (χ3n) is 4.20. The first-order chi connectivity index (χ1) is 9.66. The van der Waals surface area contributed by atoms with E-state index in [4.69, 9.17) is 26.6 Å². The van der Waals surface area contributed by atoms with Gasteiger partial charge in [0.25, 0.3) is 0 Å². The molecule has 2 heterocycles. The van der Waals surface area contributed by atoms with Gasteiger partial charge in [0.05, 0.1) is 21.9 Å². The lowest BCUT2D eigenvalue weighted by atomic mass is 9.77. The molecule has 1 aromatic heterocycles. The number of nitrogens with zero attached hydrogens (tertiary/aromatic N) is 1. The zero-order valence-corrected chi connectivity index (χ0v) is 14.0. The van der Waals surface area contributed by atoms with Crippen LogP contribution >= 0.6 is 11.6 Å². The van der Waals surface area contributed by atoms with Crippen LogP contribution in [0.25, 0.3) is 6.08 Å². The molecule has 1 aliphatic rings. The number of hydrogen-bond acceptors (Lipinski definition) is 4. The fraction of sp³-hybridized carbons (Fsp3) is 0.533. The van der Waals surface area contributed by atoms with Crippen molar-refractivity contribution in [2.45, 2.75) is 45.8 Å². The second-order valence-electron chi connectivity index (χ2n) is 6.37. The van der Waals surface area contributed by atoms with Gasteiger partial charge in [-0.05, 0) is 57.8 Å². The minimum atomic E-state index is -0.447. The van der Waals surface area contributed by atoms with E-state index < -0.39 is 7.12 Å². The lowest BCUT2D eigenvalue weighted by Crippen LogP contribution is -2.41. The van der Waals surface area contributed by atoms with E-state index in [0.717, 1.165) is 16.7 Å². The summed E-state index contributed by atoms with van der Waals surface area (Å²) in [5.41, 5.74) is 7.80. The summed E-state index contributed by atoms with van der Waals surface area (Å²) in [7, 11) is -0.447. The molecule has 1 fully saturated rings. The summed E-state index contributed by atoms with van der Waals surface area (Å²) in [6, 6.07) is 1.87. The Morgan fingerprint density at radius 1 is 1.33 bits per heavy atom. The Kier molecular flexibility index (Phi) is 4.50. The third kappa shape index (κ3) is 3.32. The maximum atomic E-state index is 6.03. The third-order valence-corrected chi connectivity index (χ3v) is 4.41. The molecule has 21 heavy (non-hydrogen) atoms. The molecule has 0 aliphatic carbocycles. The van der Waals surface area contributed by atoms with Gasteiger partial charge in [0, 0.05) is 12.7 Å². The molecule has 6 heteroatoms. The van der Waals surface area contributed by atoms with Crippen molar-refractivity contribution in [3.8, 4) is 0 Å². The summed E-state index contributed by atoms with van der Waals surface area (Å²) in [5, 5.41) is 0.620. The number of nitrogens with two attached hydrogens (primary N) is 1. The highest BCUT2D eigenvalue weighted by Gasteiger charge is 2.52. The summed E-state index contributed by atoms with van der Waals surface area (Å²) in [6.45, 7) is 10.4. The van der Waals surface area contributed by atoms with Crippen molar-refractivity contribution in [1.29, 1.82) is 0 Å². The number of aryl methyl sites for hydroxylation is 1. The first-order valence-electron chi connectivity index (χ1n) is 7.04. The Morgan fingerprint density at radius 3 is 2.38 bits per heavy atom. The van der Waals surface area contributed by atoms with E-state index in [1.165, 1.54) is 0 Å². The van der Waals surface area contributed by atoms with Crippen LogP contribution in [0, 0.1) is 6.92 Å². The summed E-state index contributed by atoms with van der Waals surface area (Å²) < 4.78 is 12.1. The molecule has 0 radical (unpaired) electrons. The average molecular weight is 309 g/mol. The van der Waals surface area contributed by atoms with Gasteiger partial charge in [-0.1, -0.05) is 11.6 Å². The van der Waals surface area contributed by atoms with Crippen LogP contribution in [0.4, 0.5) is 0 Å². The van der Waals surface area contributed by atoms with E-state index in [1.807, 2.05) is 46.8 Å². The van der Waals surface area contributed by atoms with Crippen molar-refractivity contribution in [3.63, 3.8) is 0 Å². The summed E-state index contributed by atoms with van der Waals surface area (Å²) in [5.74, 6) is 0. The Hall–Kier alpha value is -0.875. The molecule has 114 valence electrons. The standard InChI is InChI=1S/C15H22BClN2O2/c1-10-6-12(17)9-19-13(10)7-11(8-18)16-20-14(2,3)15(4,5)21-16/h6-7,9H,8,18H2,1-5H3. The molecule has 0 aromatic carbocycles. The highest BCUT2D eigenvalue weighted by atomic mass is 35.5. The Morgan fingerprint density at radius 2 is 1.90 bits per heavy atom. The monoisotopic (exact) mass is 308 g/mol. The van der Waals surface area contributed by atoms with Crippen molar-refractivity contribution >= 4 is 24.8 Å². The topological polar surface area (TPSA) is 57.4 Å². The SMILES string of the molecule is Cc1cc(Cl)cnc1C=C(CN)B1OC(C)(C)C(C)(C)O1. The van der Waals surface area contributed by atoms with Gasteiger partial charge in [0.2, 0.25) is 0 Å². The van der Waals surface area contributed by atoms with Crippen LogP contribution in [0.1, 0.15) is 39.0 Å². The molecule has 1 aromatic rings. The minimum absolute atomic E-state index is 0.348. The van der Waals surface area contributed by atoms with Gasteiger partial charge >= 0.3 is 7.12 Å². The van der Waals surface area contributed by atoms with E-state index in [0.29, 0.717) is 11.6 Å². The van der Waals surface area contributed by atoms with Crippen LogP contribution in [-0.2, 0) is 9.31 Å². The number of aromatic nitrogens is 1.